The lowest BCUT2D eigenvalue weighted by atomic mass is 9.93. The molecule has 1 amide bonds. The van der Waals surface area contributed by atoms with E-state index in [0.717, 1.165) is 47.3 Å². The molecule has 0 radical (unpaired) electrons. The fourth-order valence-corrected chi connectivity index (χ4v) is 4.95. The number of aromatic nitrogens is 7. The summed E-state index contributed by atoms with van der Waals surface area (Å²) in [5.41, 5.74) is 8.81. The third kappa shape index (κ3) is 7.69. The number of unbranched alkanes of at least 4 members (excludes halogenated alkanes) is 1. The van der Waals surface area contributed by atoms with E-state index in [-0.39, 0.29) is 0 Å². The number of hydrogen-bond donors (Lipinski definition) is 2. The molecule has 0 aliphatic carbocycles. The van der Waals surface area contributed by atoms with Gasteiger partial charge in [0, 0.05) is 36.6 Å². The topological polar surface area (TPSA) is 114 Å². The standard InChI is InChI=1S/C28H28N6.C7H8N2O/c1-3-4-10-27-29-18-20(2)34(27)19-21-11-13-23(14-12-21)26-17-24(22-8-6-5-7-9-22)15-16-25(26)28-30-32-33-31-28;10-6-8-5-7-3-1-2-4-9-7/h5-9,11-18H,3-4,10,19H2,1-2H3,(H,30,31,32,33);1-4,6H,5H2,(H,8,10). The molecule has 0 aliphatic rings. The first-order valence-electron chi connectivity index (χ1n) is 14.8. The second kappa shape index (κ2) is 15.2. The number of rotatable bonds is 11. The molecule has 6 rings (SSSR count). The van der Waals surface area contributed by atoms with Crippen molar-refractivity contribution in [2.75, 3.05) is 0 Å². The molecule has 0 saturated carbocycles. The van der Waals surface area contributed by atoms with Crippen molar-refractivity contribution < 1.29 is 4.79 Å². The molecule has 0 atom stereocenters. The molecule has 3 heterocycles. The molecule has 9 nitrogen and oxygen atoms in total. The summed E-state index contributed by atoms with van der Waals surface area (Å²) in [4.78, 5) is 18.5. The molecule has 9 heteroatoms. The second-order valence-corrected chi connectivity index (χ2v) is 10.4. The minimum Gasteiger partial charge on any atom is -0.353 e. The van der Waals surface area contributed by atoms with E-state index in [4.69, 9.17) is 0 Å². The van der Waals surface area contributed by atoms with Crippen LogP contribution in [0, 0.1) is 6.92 Å². The molecule has 0 saturated heterocycles. The van der Waals surface area contributed by atoms with Gasteiger partial charge < -0.3 is 9.88 Å². The van der Waals surface area contributed by atoms with Gasteiger partial charge in [-0.25, -0.2) is 4.98 Å². The number of aryl methyl sites for hydroxylation is 2. The first-order valence-corrected chi connectivity index (χ1v) is 14.8. The van der Waals surface area contributed by atoms with Crippen molar-refractivity contribution in [3.63, 3.8) is 0 Å². The van der Waals surface area contributed by atoms with Crippen molar-refractivity contribution >= 4 is 6.41 Å². The fourth-order valence-electron chi connectivity index (χ4n) is 4.95. The number of pyridine rings is 1. The summed E-state index contributed by atoms with van der Waals surface area (Å²) >= 11 is 0. The molecule has 0 unspecified atom stereocenters. The molecule has 0 fully saturated rings. The maximum atomic E-state index is 9.84. The molecule has 3 aromatic heterocycles. The van der Waals surface area contributed by atoms with Crippen LogP contribution in [-0.4, -0.2) is 41.6 Å². The van der Waals surface area contributed by atoms with Crippen LogP contribution in [0.5, 0.6) is 0 Å². The minimum absolute atomic E-state index is 0.504. The van der Waals surface area contributed by atoms with Gasteiger partial charge in [-0.05, 0) is 70.6 Å². The van der Waals surface area contributed by atoms with Gasteiger partial charge in [-0.15, -0.1) is 10.2 Å². The van der Waals surface area contributed by atoms with Gasteiger partial charge in [0.15, 0.2) is 0 Å². The smallest absolute Gasteiger partial charge is 0.207 e. The van der Waals surface area contributed by atoms with E-state index < -0.39 is 0 Å². The monoisotopic (exact) mass is 584 g/mol. The van der Waals surface area contributed by atoms with Crippen molar-refractivity contribution in [1.82, 2.24) is 40.5 Å². The number of benzene rings is 3. The van der Waals surface area contributed by atoms with Crippen molar-refractivity contribution in [2.24, 2.45) is 0 Å². The van der Waals surface area contributed by atoms with Crippen LogP contribution in [-0.2, 0) is 24.3 Å². The molecule has 44 heavy (non-hydrogen) atoms. The van der Waals surface area contributed by atoms with E-state index >= 15 is 0 Å². The summed E-state index contributed by atoms with van der Waals surface area (Å²) in [6.45, 7) is 5.68. The molecule has 0 bridgehead atoms. The zero-order valence-electron chi connectivity index (χ0n) is 25.0. The lowest BCUT2D eigenvalue weighted by molar-refractivity contribution is -0.109. The van der Waals surface area contributed by atoms with Gasteiger partial charge in [0.05, 0.1) is 12.2 Å². The lowest BCUT2D eigenvalue weighted by Crippen LogP contribution is -2.10. The summed E-state index contributed by atoms with van der Waals surface area (Å²) in [6, 6.07) is 31.1. The van der Waals surface area contributed by atoms with Gasteiger partial charge in [0.25, 0.3) is 0 Å². The molecule has 0 aliphatic heterocycles. The zero-order chi connectivity index (χ0) is 30.6. The van der Waals surface area contributed by atoms with E-state index in [2.05, 4.69) is 121 Å². The average Bonchev–Trinajstić information content (AvgIpc) is 3.74. The van der Waals surface area contributed by atoms with Gasteiger partial charge in [0.1, 0.15) is 5.82 Å². The van der Waals surface area contributed by atoms with E-state index in [9.17, 15) is 4.79 Å². The van der Waals surface area contributed by atoms with Crippen LogP contribution in [0.1, 0.15) is 42.5 Å². The Morgan fingerprint density at radius 1 is 0.864 bits per heavy atom. The maximum absolute atomic E-state index is 9.84. The third-order valence-electron chi connectivity index (χ3n) is 7.30. The van der Waals surface area contributed by atoms with E-state index in [1.54, 1.807) is 6.20 Å². The minimum atomic E-state index is 0.504. The highest BCUT2D eigenvalue weighted by Crippen LogP contribution is 2.34. The van der Waals surface area contributed by atoms with Crippen LogP contribution in [0.3, 0.4) is 0 Å². The fraction of sp³-hybridized carbons (Fsp3) is 0.200. The Labute approximate surface area is 257 Å². The number of aromatic amines is 1. The van der Waals surface area contributed by atoms with Crippen molar-refractivity contribution in [3.8, 4) is 33.6 Å². The number of hydrogen-bond acceptors (Lipinski definition) is 6. The number of H-pyrrole nitrogens is 1. The summed E-state index contributed by atoms with van der Waals surface area (Å²) < 4.78 is 2.32. The van der Waals surface area contributed by atoms with Crippen molar-refractivity contribution in [3.05, 3.63) is 126 Å². The average molecular weight is 585 g/mol. The Hall–Kier alpha value is -5.44. The normalized spacial score (nSPS) is 10.6. The summed E-state index contributed by atoms with van der Waals surface area (Å²) in [5, 5.41) is 17.3. The second-order valence-electron chi connectivity index (χ2n) is 10.4. The van der Waals surface area contributed by atoms with Crippen LogP contribution in [0.25, 0.3) is 33.6 Å². The number of nitrogens with zero attached hydrogens (tertiary/aromatic N) is 6. The Morgan fingerprint density at radius 2 is 1.66 bits per heavy atom. The van der Waals surface area contributed by atoms with E-state index in [1.165, 1.54) is 29.1 Å². The summed E-state index contributed by atoms with van der Waals surface area (Å²) in [6.07, 6.45) is 7.68. The first-order chi connectivity index (χ1) is 21.7. The van der Waals surface area contributed by atoms with E-state index in [1.807, 2.05) is 30.5 Å². The Balaban J connectivity index is 0.000000328. The van der Waals surface area contributed by atoms with Gasteiger partial charge in [-0.1, -0.05) is 80.1 Å². The number of tetrazole rings is 1. The van der Waals surface area contributed by atoms with Crippen LogP contribution >= 0.6 is 0 Å². The predicted molar refractivity (Wildman–Crippen MR) is 172 cm³/mol. The molecule has 3 aromatic carbocycles. The van der Waals surface area contributed by atoms with E-state index in [0.29, 0.717) is 18.8 Å². The Morgan fingerprint density at radius 3 is 2.36 bits per heavy atom. The molecular weight excluding hydrogens is 548 g/mol. The highest BCUT2D eigenvalue weighted by Gasteiger charge is 2.14. The molecule has 2 N–H and O–H groups in total. The van der Waals surface area contributed by atoms with Crippen molar-refractivity contribution in [1.29, 1.82) is 0 Å². The van der Waals surface area contributed by atoms with Crippen LogP contribution in [0.4, 0.5) is 0 Å². The molecule has 0 spiro atoms. The quantitative estimate of drug-likeness (QED) is 0.170. The molecule has 6 aromatic rings. The highest BCUT2D eigenvalue weighted by atomic mass is 16.1. The van der Waals surface area contributed by atoms with Gasteiger partial charge in [-0.3, -0.25) is 9.78 Å². The first kappa shape index (κ1) is 30.0. The van der Waals surface area contributed by atoms with Crippen LogP contribution in [0.2, 0.25) is 0 Å². The number of carbonyl (C=O) groups excluding carboxylic acids is 1. The largest absolute Gasteiger partial charge is 0.353 e. The number of nitrogens with one attached hydrogen (secondary N) is 2. The molecule has 222 valence electrons. The lowest BCUT2D eigenvalue weighted by Gasteiger charge is -2.13. The Bertz CT molecular complexity index is 1730. The highest BCUT2D eigenvalue weighted by molar-refractivity contribution is 5.84. The number of imidazole rings is 1. The van der Waals surface area contributed by atoms with Gasteiger partial charge >= 0.3 is 0 Å². The SMILES string of the molecule is CCCCc1ncc(C)n1Cc1ccc(-c2cc(-c3ccccc3)ccc2-c2nn[nH]n2)cc1.O=CNCc1ccccn1. The maximum Gasteiger partial charge on any atom is 0.207 e. The predicted octanol–water partition coefficient (Wildman–Crippen LogP) is 6.42. The van der Waals surface area contributed by atoms with Crippen molar-refractivity contribution in [2.45, 2.75) is 46.2 Å². The van der Waals surface area contributed by atoms with Crippen LogP contribution < -0.4 is 5.32 Å². The number of amides is 1. The molecular formula is C35H36N8O. The van der Waals surface area contributed by atoms with Gasteiger partial charge in [-0.2, -0.15) is 5.21 Å². The Kier molecular flexibility index (Phi) is 10.3. The zero-order valence-corrected chi connectivity index (χ0v) is 25.0. The van der Waals surface area contributed by atoms with Crippen LogP contribution in [0.15, 0.2) is 103 Å². The number of carbonyl (C=O) groups is 1. The third-order valence-corrected chi connectivity index (χ3v) is 7.30. The summed E-state index contributed by atoms with van der Waals surface area (Å²) in [5.74, 6) is 1.76. The van der Waals surface area contributed by atoms with Gasteiger partial charge in [0.2, 0.25) is 12.2 Å². The summed E-state index contributed by atoms with van der Waals surface area (Å²) in [7, 11) is 0.